The summed E-state index contributed by atoms with van der Waals surface area (Å²) in [5, 5.41) is 7.60. The van der Waals surface area contributed by atoms with Crippen LogP contribution in [-0.2, 0) is 0 Å². The second-order valence-electron chi connectivity index (χ2n) is 4.76. The highest BCUT2D eigenvalue weighted by atomic mass is 15.3. The van der Waals surface area contributed by atoms with Crippen LogP contribution in [-0.4, -0.2) is 26.3 Å². The maximum Gasteiger partial charge on any atom is 0.164 e. The zero-order chi connectivity index (χ0) is 14.7. The normalized spacial score (nSPS) is 10.6. The molecule has 3 rings (SSSR count). The van der Waals surface area contributed by atoms with Crippen LogP contribution in [0.2, 0.25) is 0 Å². The predicted molar refractivity (Wildman–Crippen MR) is 83.5 cm³/mol. The molecule has 0 aliphatic carbocycles. The molecular formula is C16H17N5. The lowest BCUT2D eigenvalue weighted by Gasteiger charge is -2.05. The lowest BCUT2D eigenvalue weighted by Crippen LogP contribution is -2.02. The molecule has 0 bridgehead atoms. The first-order chi connectivity index (χ1) is 10.3. The van der Waals surface area contributed by atoms with Crippen molar-refractivity contribution in [2.75, 3.05) is 11.9 Å². The minimum absolute atomic E-state index is 0.688. The van der Waals surface area contributed by atoms with Crippen molar-refractivity contribution in [1.82, 2.24) is 19.7 Å². The Bertz CT molecular complexity index is 733. The van der Waals surface area contributed by atoms with Crippen LogP contribution in [0.5, 0.6) is 0 Å². The van der Waals surface area contributed by atoms with Gasteiger partial charge in [-0.25, -0.2) is 14.6 Å². The van der Waals surface area contributed by atoms with E-state index in [1.807, 2.05) is 61.1 Å². The van der Waals surface area contributed by atoms with Gasteiger partial charge in [0.05, 0.1) is 17.4 Å². The molecule has 2 heterocycles. The molecule has 5 heteroatoms. The van der Waals surface area contributed by atoms with Gasteiger partial charge in [-0.1, -0.05) is 18.2 Å². The Kier molecular flexibility index (Phi) is 3.64. The second kappa shape index (κ2) is 5.75. The number of aromatic nitrogens is 4. The van der Waals surface area contributed by atoms with E-state index in [0.29, 0.717) is 5.82 Å². The minimum atomic E-state index is 0.688. The van der Waals surface area contributed by atoms with E-state index in [9.17, 15) is 0 Å². The third-order valence-electron chi connectivity index (χ3n) is 3.07. The number of benzene rings is 1. The summed E-state index contributed by atoms with van der Waals surface area (Å²) in [7, 11) is 0. The number of nitrogens with one attached hydrogen (secondary N) is 1. The van der Waals surface area contributed by atoms with Gasteiger partial charge in [0.2, 0.25) is 0 Å². The fraction of sp³-hybridized carbons (Fsp3) is 0.188. The quantitative estimate of drug-likeness (QED) is 0.797. The van der Waals surface area contributed by atoms with E-state index in [4.69, 9.17) is 0 Å². The Balaban J connectivity index is 1.96. The summed E-state index contributed by atoms with van der Waals surface area (Å²) in [6.07, 6.45) is 3.73. The zero-order valence-corrected chi connectivity index (χ0v) is 12.1. The van der Waals surface area contributed by atoms with Gasteiger partial charge in [-0.05, 0) is 26.0 Å². The lowest BCUT2D eigenvalue weighted by molar-refractivity contribution is 0.880. The van der Waals surface area contributed by atoms with Crippen molar-refractivity contribution in [3.05, 3.63) is 54.5 Å². The van der Waals surface area contributed by atoms with Crippen molar-refractivity contribution >= 4 is 5.82 Å². The van der Waals surface area contributed by atoms with E-state index >= 15 is 0 Å². The molecule has 0 saturated heterocycles. The van der Waals surface area contributed by atoms with Crippen molar-refractivity contribution in [1.29, 1.82) is 0 Å². The molecule has 3 aromatic rings. The van der Waals surface area contributed by atoms with Crippen LogP contribution in [0.1, 0.15) is 12.6 Å². The molecule has 0 radical (unpaired) electrons. The Labute approximate surface area is 123 Å². The molecule has 5 nitrogen and oxygen atoms in total. The predicted octanol–water partition coefficient (Wildman–Crippen LogP) is 3.07. The van der Waals surface area contributed by atoms with Gasteiger partial charge in [-0.15, -0.1) is 0 Å². The first kappa shape index (κ1) is 13.3. The summed E-state index contributed by atoms with van der Waals surface area (Å²) in [5.74, 6) is 1.53. The number of hydrogen-bond acceptors (Lipinski definition) is 4. The summed E-state index contributed by atoms with van der Waals surface area (Å²) < 4.78 is 1.83. The molecule has 106 valence electrons. The molecule has 1 aromatic carbocycles. The highest BCUT2D eigenvalue weighted by Crippen LogP contribution is 2.18. The Morgan fingerprint density at radius 3 is 2.71 bits per heavy atom. The standard InChI is InChI=1S/C16H17N5/c1-3-17-15-9-12(2)19-16(20-15)13-10-18-21(11-13)14-7-5-4-6-8-14/h4-11H,3H2,1-2H3,(H,17,19,20). The maximum atomic E-state index is 4.53. The number of aryl methyl sites for hydroxylation is 1. The molecular weight excluding hydrogens is 262 g/mol. The molecule has 0 atom stereocenters. The molecule has 0 saturated carbocycles. The number of anilines is 1. The maximum absolute atomic E-state index is 4.53. The van der Waals surface area contributed by atoms with Crippen LogP contribution < -0.4 is 5.32 Å². The number of para-hydroxylation sites is 1. The Hall–Kier alpha value is -2.69. The zero-order valence-electron chi connectivity index (χ0n) is 12.1. The van der Waals surface area contributed by atoms with E-state index in [2.05, 4.69) is 20.4 Å². The van der Waals surface area contributed by atoms with Gasteiger partial charge in [-0.2, -0.15) is 5.10 Å². The van der Waals surface area contributed by atoms with Crippen molar-refractivity contribution in [3.8, 4) is 17.1 Å². The smallest absolute Gasteiger partial charge is 0.164 e. The largest absolute Gasteiger partial charge is 0.370 e. The molecule has 0 aliphatic heterocycles. The molecule has 0 amide bonds. The summed E-state index contributed by atoms with van der Waals surface area (Å²) >= 11 is 0. The second-order valence-corrected chi connectivity index (χ2v) is 4.76. The van der Waals surface area contributed by atoms with Crippen molar-refractivity contribution in [2.24, 2.45) is 0 Å². The van der Waals surface area contributed by atoms with Gasteiger partial charge in [0.25, 0.3) is 0 Å². The summed E-state index contributed by atoms with van der Waals surface area (Å²) in [5.41, 5.74) is 2.86. The fourth-order valence-electron chi connectivity index (χ4n) is 2.13. The Morgan fingerprint density at radius 2 is 1.95 bits per heavy atom. The van der Waals surface area contributed by atoms with Crippen molar-refractivity contribution < 1.29 is 0 Å². The summed E-state index contributed by atoms with van der Waals surface area (Å²) in [6.45, 7) is 4.84. The van der Waals surface area contributed by atoms with Gasteiger partial charge in [0, 0.05) is 24.5 Å². The van der Waals surface area contributed by atoms with Crippen LogP contribution in [0, 0.1) is 6.92 Å². The molecule has 0 unspecified atom stereocenters. The SMILES string of the molecule is CCNc1cc(C)nc(-c2cnn(-c3ccccc3)c2)n1. The lowest BCUT2D eigenvalue weighted by atomic mass is 10.3. The van der Waals surface area contributed by atoms with Crippen molar-refractivity contribution in [3.63, 3.8) is 0 Å². The minimum Gasteiger partial charge on any atom is -0.370 e. The molecule has 0 fully saturated rings. The topological polar surface area (TPSA) is 55.6 Å². The number of rotatable bonds is 4. The molecule has 0 spiro atoms. The highest BCUT2D eigenvalue weighted by Gasteiger charge is 2.08. The Morgan fingerprint density at radius 1 is 1.14 bits per heavy atom. The number of nitrogens with zero attached hydrogens (tertiary/aromatic N) is 4. The van der Waals surface area contributed by atoms with Gasteiger partial charge < -0.3 is 5.32 Å². The molecule has 0 aliphatic rings. The average molecular weight is 279 g/mol. The molecule has 1 N–H and O–H groups in total. The van der Waals surface area contributed by atoms with E-state index < -0.39 is 0 Å². The van der Waals surface area contributed by atoms with Crippen LogP contribution >= 0.6 is 0 Å². The van der Waals surface area contributed by atoms with E-state index in [1.165, 1.54) is 0 Å². The van der Waals surface area contributed by atoms with Gasteiger partial charge in [0.15, 0.2) is 5.82 Å². The van der Waals surface area contributed by atoms with E-state index in [-0.39, 0.29) is 0 Å². The van der Waals surface area contributed by atoms with Gasteiger partial charge in [0.1, 0.15) is 5.82 Å². The molecule has 21 heavy (non-hydrogen) atoms. The summed E-state index contributed by atoms with van der Waals surface area (Å²) in [6, 6.07) is 11.9. The first-order valence-electron chi connectivity index (χ1n) is 6.96. The van der Waals surface area contributed by atoms with Crippen molar-refractivity contribution in [2.45, 2.75) is 13.8 Å². The fourth-order valence-corrected chi connectivity index (χ4v) is 2.13. The third-order valence-corrected chi connectivity index (χ3v) is 3.07. The van der Waals surface area contributed by atoms with Crippen LogP contribution in [0.25, 0.3) is 17.1 Å². The van der Waals surface area contributed by atoms with Gasteiger partial charge in [-0.3, -0.25) is 0 Å². The monoisotopic (exact) mass is 279 g/mol. The first-order valence-corrected chi connectivity index (χ1v) is 6.96. The van der Waals surface area contributed by atoms with Crippen LogP contribution in [0.15, 0.2) is 48.8 Å². The van der Waals surface area contributed by atoms with E-state index in [1.54, 1.807) is 6.20 Å². The van der Waals surface area contributed by atoms with Gasteiger partial charge >= 0.3 is 0 Å². The molecule has 2 aromatic heterocycles. The number of hydrogen-bond donors (Lipinski definition) is 1. The summed E-state index contributed by atoms with van der Waals surface area (Å²) in [4.78, 5) is 9.01. The van der Waals surface area contributed by atoms with E-state index in [0.717, 1.165) is 29.3 Å². The third kappa shape index (κ3) is 2.91. The average Bonchev–Trinajstić information content (AvgIpc) is 2.98. The highest BCUT2D eigenvalue weighted by molar-refractivity contribution is 5.56. The van der Waals surface area contributed by atoms with Crippen LogP contribution in [0.4, 0.5) is 5.82 Å². The van der Waals surface area contributed by atoms with Crippen LogP contribution in [0.3, 0.4) is 0 Å².